The monoisotopic (exact) mass is 362 g/mol. The van der Waals surface area contributed by atoms with Gasteiger partial charge in [-0.15, -0.1) is 0 Å². The highest BCUT2D eigenvalue weighted by Gasteiger charge is 2.35. The summed E-state index contributed by atoms with van der Waals surface area (Å²) in [5.74, 6) is -0.0186. The van der Waals surface area contributed by atoms with E-state index in [9.17, 15) is 9.59 Å². The van der Waals surface area contributed by atoms with Crippen molar-refractivity contribution < 1.29 is 9.59 Å². The Morgan fingerprint density at radius 2 is 1.50 bits per heavy atom. The Labute approximate surface area is 151 Å². The highest BCUT2D eigenvalue weighted by molar-refractivity contribution is 7.80. The molecule has 1 aromatic rings. The number of amides is 2. The molecular weight excluding hydrogens is 344 g/mol. The molecule has 0 N–H and O–H groups in total. The fourth-order valence-electron chi connectivity index (χ4n) is 2.88. The molecule has 2 aliphatic heterocycles. The van der Waals surface area contributed by atoms with Crippen molar-refractivity contribution in [3.8, 4) is 0 Å². The van der Waals surface area contributed by atoms with Crippen molar-refractivity contribution >= 4 is 52.2 Å². The molecule has 6 nitrogen and oxygen atoms in total. The van der Waals surface area contributed by atoms with E-state index in [4.69, 9.17) is 24.4 Å². The molecule has 0 aromatic heterocycles. The maximum absolute atomic E-state index is 12.3. The first-order valence-electron chi connectivity index (χ1n) is 7.79. The molecule has 2 fully saturated rings. The van der Waals surface area contributed by atoms with Gasteiger partial charge in [0.2, 0.25) is 5.91 Å². The van der Waals surface area contributed by atoms with Crippen LogP contribution in [-0.4, -0.2) is 69.5 Å². The van der Waals surface area contributed by atoms with Crippen molar-refractivity contribution in [2.75, 3.05) is 37.6 Å². The van der Waals surface area contributed by atoms with E-state index in [0.29, 0.717) is 36.4 Å². The lowest BCUT2D eigenvalue weighted by Crippen LogP contribution is -2.39. The van der Waals surface area contributed by atoms with E-state index in [1.54, 1.807) is 9.80 Å². The summed E-state index contributed by atoms with van der Waals surface area (Å²) >= 11 is 10.8. The maximum atomic E-state index is 12.3. The first-order chi connectivity index (χ1) is 11.5. The van der Waals surface area contributed by atoms with Crippen LogP contribution in [0.4, 0.5) is 5.69 Å². The second kappa shape index (κ2) is 6.82. The van der Waals surface area contributed by atoms with Crippen LogP contribution >= 0.6 is 24.4 Å². The van der Waals surface area contributed by atoms with Gasteiger partial charge in [0.15, 0.2) is 10.2 Å². The number of carbonyl (C=O) groups excluding carboxylic acids is 2. The quantitative estimate of drug-likeness (QED) is 0.731. The molecule has 0 atom stereocenters. The molecule has 0 unspecified atom stereocenters. The molecule has 126 valence electrons. The van der Waals surface area contributed by atoms with Gasteiger partial charge >= 0.3 is 0 Å². The normalized spacial score (nSPS) is 18.4. The zero-order valence-electron chi connectivity index (χ0n) is 13.3. The fraction of sp³-hybridized carbons (Fsp3) is 0.375. The van der Waals surface area contributed by atoms with Gasteiger partial charge in [0.25, 0.3) is 5.91 Å². The van der Waals surface area contributed by atoms with Crippen LogP contribution in [0.1, 0.15) is 6.92 Å². The van der Waals surface area contributed by atoms with Crippen molar-refractivity contribution in [2.45, 2.75) is 6.92 Å². The number of likely N-dealkylation sites (N-methyl/N-ethyl adjacent to an activating group) is 1. The molecule has 8 heteroatoms. The number of hydrogen-bond acceptors (Lipinski definition) is 4. The minimum atomic E-state index is -0.0403. The minimum absolute atomic E-state index is 0.0217. The Hall–Kier alpha value is -2.06. The Morgan fingerprint density at radius 3 is 2.08 bits per heavy atom. The molecule has 2 aliphatic rings. The molecule has 1 aromatic carbocycles. The number of benzene rings is 1. The number of nitrogens with zero attached hydrogens (tertiary/aromatic N) is 4. The summed E-state index contributed by atoms with van der Waals surface area (Å²) in [6, 6.07) is 9.38. The van der Waals surface area contributed by atoms with Crippen molar-refractivity contribution in [1.29, 1.82) is 0 Å². The third-order valence-corrected chi connectivity index (χ3v) is 5.06. The maximum Gasteiger partial charge on any atom is 0.252 e. The summed E-state index contributed by atoms with van der Waals surface area (Å²) in [7, 11) is 0. The summed E-state index contributed by atoms with van der Waals surface area (Å²) in [5, 5.41) is 1.05. The van der Waals surface area contributed by atoms with Crippen LogP contribution in [0.15, 0.2) is 30.3 Å². The second-order valence-electron chi connectivity index (χ2n) is 5.61. The largest absolute Gasteiger partial charge is 0.338 e. The molecule has 0 aliphatic carbocycles. The fourth-order valence-corrected chi connectivity index (χ4v) is 3.63. The summed E-state index contributed by atoms with van der Waals surface area (Å²) in [4.78, 5) is 31.0. The van der Waals surface area contributed by atoms with E-state index in [1.165, 1.54) is 0 Å². The molecule has 0 radical (unpaired) electrons. The average Bonchev–Trinajstić information content (AvgIpc) is 3.01. The van der Waals surface area contributed by atoms with Crippen molar-refractivity contribution in [3.63, 3.8) is 0 Å². The lowest BCUT2D eigenvalue weighted by Gasteiger charge is -2.24. The third-order valence-electron chi connectivity index (χ3n) is 4.14. The van der Waals surface area contributed by atoms with Gasteiger partial charge in [0.1, 0.15) is 6.54 Å². The van der Waals surface area contributed by atoms with E-state index in [1.807, 2.05) is 47.1 Å². The highest BCUT2D eigenvalue weighted by atomic mass is 32.1. The molecular formula is C16H18N4O2S2. The zero-order valence-corrected chi connectivity index (χ0v) is 15.0. The van der Waals surface area contributed by atoms with E-state index >= 15 is 0 Å². The Balaban J connectivity index is 1.63. The van der Waals surface area contributed by atoms with Gasteiger partial charge in [0, 0.05) is 19.6 Å². The van der Waals surface area contributed by atoms with E-state index in [0.717, 1.165) is 5.69 Å². The highest BCUT2D eigenvalue weighted by Crippen LogP contribution is 2.21. The number of hydrogen-bond donors (Lipinski definition) is 0. The summed E-state index contributed by atoms with van der Waals surface area (Å²) in [6.45, 7) is 4.15. The third kappa shape index (κ3) is 2.99. The predicted octanol–water partition coefficient (Wildman–Crippen LogP) is 1.07. The van der Waals surface area contributed by atoms with E-state index in [-0.39, 0.29) is 18.4 Å². The van der Waals surface area contributed by atoms with Gasteiger partial charge in [-0.05, 0) is 43.5 Å². The van der Waals surface area contributed by atoms with Gasteiger partial charge in [-0.1, -0.05) is 18.2 Å². The standard InChI is InChI=1S/C16H18N4O2S2/c1-2-19-13(21)10-17(15(19)23)8-9-18-11-14(22)20(16(18)24)12-6-4-3-5-7-12/h3-7H,2,8-11H2,1H3. The molecule has 0 bridgehead atoms. The van der Waals surface area contributed by atoms with Gasteiger partial charge in [0.05, 0.1) is 12.2 Å². The van der Waals surface area contributed by atoms with Crippen LogP contribution in [0.5, 0.6) is 0 Å². The molecule has 3 rings (SSSR count). The number of para-hydroxylation sites is 1. The molecule has 2 heterocycles. The Bertz CT molecular complexity index is 695. The molecule has 24 heavy (non-hydrogen) atoms. The molecule has 0 spiro atoms. The lowest BCUT2D eigenvalue weighted by molar-refractivity contribution is -0.125. The zero-order chi connectivity index (χ0) is 17.3. The Morgan fingerprint density at radius 1 is 0.917 bits per heavy atom. The van der Waals surface area contributed by atoms with Crippen molar-refractivity contribution in [3.05, 3.63) is 30.3 Å². The van der Waals surface area contributed by atoms with Gasteiger partial charge < -0.3 is 9.80 Å². The van der Waals surface area contributed by atoms with Crippen molar-refractivity contribution in [2.24, 2.45) is 0 Å². The number of carbonyl (C=O) groups is 2. The number of anilines is 1. The topological polar surface area (TPSA) is 47.1 Å². The lowest BCUT2D eigenvalue weighted by atomic mass is 10.3. The number of rotatable bonds is 5. The number of thiocarbonyl (C=S) groups is 2. The van der Waals surface area contributed by atoms with Crippen LogP contribution in [-0.2, 0) is 9.59 Å². The van der Waals surface area contributed by atoms with Crippen LogP contribution in [0.3, 0.4) is 0 Å². The minimum Gasteiger partial charge on any atom is -0.338 e. The summed E-state index contributed by atoms with van der Waals surface area (Å²) < 4.78 is 0. The molecule has 2 amide bonds. The van der Waals surface area contributed by atoms with Crippen LogP contribution in [0, 0.1) is 0 Å². The Kier molecular flexibility index (Phi) is 4.77. The van der Waals surface area contributed by atoms with Gasteiger partial charge in [-0.25, -0.2) is 0 Å². The SMILES string of the molecule is CCN1C(=O)CN(CCN2CC(=O)N(c3ccccc3)C2=S)C1=S. The van der Waals surface area contributed by atoms with Crippen LogP contribution < -0.4 is 4.90 Å². The first-order valence-corrected chi connectivity index (χ1v) is 8.60. The molecule has 2 saturated heterocycles. The van der Waals surface area contributed by atoms with Crippen LogP contribution in [0.25, 0.3) is 0 Å². The van der Waals surface area contributed by atoms with Gasteiger partial charge in [-0.2, -0.15) is 0 Å². The molecule has 0 saturated carbocycles. The van der Waals surface area contributed by atoms with E-state index < -0.39 is 0 Å². The van der Waals surface area contributed by atoms with Gasteiger partial charge in [-0.3, -0.25) is 19.4 Å². The predicted molar refractivity (Wildman–Crippen MR) is 99.7 cm³/mol. The van der Waals surface area contributed by atoms with Crippen molar-refractivity contribution in [1.82, 2.24) is 14.7 Å². The average molecular weight is 362 g/mol. The second-order valence-corrected chi connectivity index (χ2v) is 6.34. The summed E-state index contributed by atoms with van der Waals surface area (Å²) in [5.41, 5.74) is 0.777. The summed E-state index contributed by atoms with van der Waals surface area (Å²) in [6.07, 6.45) is 0. The van der Waals surface area contributed by atoms with Crippen LogP contribution in [0.2, 0.25) is 0 Å². The first kappa shape index (κ1) is 16.8. The smallest absolute Gasteiger partial charge is 0.252 e. The van der Waals surface area contributed by atoms with E-state index in [2.05, 4.69) is 0 Å².